The number of aryl methyl sites for hydroxylation is 1. The van der Waals surface area contributed by atoms with Gasteiger partial charge in [-0.25, -0.2) is 0 Å². The zero-order valence-electron chi connectivity index (χ0n) is 9.23. The van der Waals surface area contributed by atoms with E-state index in [-0.39, 0.29) is 6.42 Å². The molecule has 0 saturated heterocycles. The third-order valence-electron chi connectivity index (χ3n) is 2.59. The van der Waals surface area contributed by atoms with E-state index in [2.05, 4.69) is 0 Å². The Bertz CT molecular complexity index is 423. The van der Waals surface area contributed by atoms with E-state index in [9.17, 15) is 9.59 Å². The minimum atomic E-state index is -0.914. The fraction of sp³-hybridized carbons (Fsp3) is 0.333. The number of carboxylic acids is 2. The summed E-state index contributed by atoms with van der Waals surface area (Å²) in [4.78, 5) is 21.4. The molecular formula is C12H14O4. The minimum Gasteiger partial charge on any atom is -0.481 e. The van der Waals surface area contributed by atoms with Crippen LogP contribution >= 0.6 is 0 Å². The summed E-state index contributed by atoms with van der Waals surface area (Å²) in [7, 11) is 0. The Morgan fingerprint density at radius 1 is 1.31 bits per heavy atom. The van der Waals surface area contributed by atoms with Crippen LogP contribution in [0.15, 0.2) is 18.2 Å². The fourth-order valence-electron chi connectivity index (χ4n) is 1.46. The van der Waals surface area contributed by atoms with Gasteiger partial charge in [0.1, 0.15) is 0 Å². The summed E-state index contributed by atoms with van der Waals surface area (Å²) >= 11 is 0. The van der Waals surface area contributed by atoms with E-state index >= 15 is 0 Å². The van der Waals surface area contributed by atoms with E-state index in [0.717, 1.165) is 5.56 Å². The second-order valence-corrected chi connectivity index (χ2v) is 3.82. The number of benzene rings is 1. The monoisotopic (exact) mass is 222 g/mol. The van der Waals surface area contributed by atoms with Gasteiger partial charge in [-0.2, -0.15) is 0 Å². The van der Waals surface area contributed by atoms with Gasteiger partial charge >= 0.3 is 11.9 Å². The highest BCUT2D eigenvalue weighted by molar-refractivity contribution is 5.76. The Morgan fingerprint density at radius 2 is 1.94 bits per heavy atom. The summed E-state index contributed by atoms with van der Waals surface area (Å²) < 4.78 is 0. The summed E-state index contributed by atoms with van der Waals surface area (Å²) in [5.74, 6) is -2.44. The number of hydrogen-bond donors (Lipinski definition) is 2. The molecule has 0 saturated carbocycles. The SMILES string of the molecule is Cc1ccc(C(C)C(=O)O)cc1CC(=O)O. The van der Waals surface area contributed by atoms with Crippen LogP contribution in [0.3, 0.4) is 0 Å². The molecule has 16 heavy (non-hydrogen) atoms. The first-order chi connectivity index (χ1) is 7.41. The standard InChI is InChI=1S/C12H14O4/c1-7-3-4-9(8(2)12(15)16)5-10(7)6-11(13)14/h3-5,8H,6H2,1-2H3,(H,13,14)(H,15,16). The van der Waals surface area contributed by atoms with Gasteiger partial charge in [-0.05, 0) is 30.5 Å². The Hall–Kier alpha value is -1.84. The van der Waals surface area contributed by atoms with Crippen molar-refractivity contribution in [1.29, 1.82) is 0 Å². The molecule has 0 spiro atoms. The van der Waals surface area contributed by atoms with Gasteiger partial charge in [-0.1, -0.05) is 18.2 Å². The van der Waals surface area contributed by atoms with Gasteiger partial charge in [0.15, 0.2) is 0 Å². The molecule has 1 rings (SSSR count). The van der Waals surface area contributed by atoms with Crippen molar-refractivity contribution in [1.82, 2.24) is 0 Å². The predicted molar refractivity (Wildman–Crippen MR) is 58.6 cm³/mol. The van der Waals surface area contributed by atoms with Crippen LogP contribution in [0.25, 0.3) is 0 Å². The summed E-state index contributed by atoms with van der Waals surface area (Å²) in [6.07, 6.45) is -0.0774. The lowest BCUT2D eigenvalue weighted by Crippen LogP contribution is -2.09. The highest BCUT2D eigenvalue weighted by Crippen LogP contribution is 2.19. The maximum atomic E-state index is 10.8. The second-order valence-electron chi connectivity index (χ2n) is 3.82. The summed E-state index contributed by atoms with van der Waals surface area (Å²) in [6.45, 7) is 3.39. The molecule has 4 nitrogen and oxygen atoms in total. The average molecular weight is 222 g/mol. The van der Waals surface area contributed by atoms with Gasteiger partial charge < -0.3 is 10.2 Å². The van der Waals surface area contributed by atoms with E-state index < -0.39 is 17.9 Å². The van der Waals surface area contributed by atoms with Crippen molar-refractivity contribution in [2.45, 2.75) is 26.2 Å². The molecule has 0 aliphatic carbocycles. The summed E-state index contributed by atoms with van der Waals surface area (Å²) in [5, 5.41) is 17.6. The summed E-state index contributed by atoms with van der Waals surface area (Å²) in [5.41, 5.74) is 2.16. The van der Waals surface area contributed by atoms with Gasteiger partial charge in [0.05, 0.1) is 12.3 Å². The molecule has 1 unspecified atom stereocenters. The average Bonchev–Trinajstić information content (AvgIpc) is 2.19. The van der Waals surface area contributed by atoms with E-state index in [1.807, 2.05) is 6.92 Å². The zero-order valence-corrected chi connectivity index (χ0v) is 9.23. The van der Waals surface area contributed by atoms with Crippen molar-refractivity contribution >= 4 is 11.9 Å². The Balaban J connectivity index is 3.06. The molecule has 0 amide bonds. The van der Waals surface area contributed by atoms with Crippen LogP contribution in [0.2, 0.25) is 0 Å². The minimum absolute atomic E-state index is 0.0774. The van der Waals surface area contributed by atoms with Gasteiger partial charge in [0, 0.05) is 0 Å². The number of aliphatic carboxylic acids is 2. The smallest absolute Gasteiger partial charge is 0.310 e. The predicted octanol–water partition coefficient (Wildman–Crippen LogP) is 1.81. The normalized spacial score (nSPS) is 12.1. The van der Waals surface area contributed by atoms with Gasteiger partial charge in [-0.3, -0.25) is 9.59 Å². The molecule has 0 fully saturated rings. The van der Waals surface area contributed by atoms with E-state index in [1.165, 1.54) is 0 Å². The van der Waals surface area contributed by atoms with Gasteiger partial charge in [0.25, 0.3) is 0 Å². The highest BCUT2D eigenvalue weighted by atomic mass is 16.4. The Labute approximate surface area is 93.5 Å². The fourth-order valence-corrected chi connectivity index (χ4v) is 1.46. The van der Waals surface area contributed by atoms with Gasteiger partial charge in [0.2, 0.25) is 0 Å². The molecule has 1 aromatic rings. The lowest BCUT2D eigenvalue weighted by atomic mass is 9.95. The Morgan fingerprint density at radius 3 is 2.44 bits per heavy atom. The zero-order chi connectivity index (χ0) is 12.3. The lowest BCUT2D eigenvalue weighted by Gasteiger charge is -2.10. The molecule has 0 heterocycles. The first-order valence-electron chi connectivity index (χ1n) is 4.96. The topological polar surface area (TPSA) is 74.6 Å². The van der Waals surface area contributed by atoms with Crippen LogP contribution in [0.5, 0.6) is 0 Å². The van der Waals surface area contributed by atoms with E-state index in [0.29, 0.717) is 11.1 Å². The number of rotatable bonds is 4. The number of carbonyl (C=O) groups is 2. The van der Waals surface area contributed by atoms with Crippen molar-refractivity contribution in [3.8, 4) is 0 Å². The van der Waals surface area contributed by atoms with Crippen LogP contribution in [0.1, 0.15) is 29.5 Å². The molecular weight excluding hydrogens is 208 g/mol. The molecule has 0 radical (unpaired) electrons. The maximum Gasteiger partial charge on any atom is 0.310 e. The third-order valence-corrected chi connectivity index (χ3v) is 2.59. The number of carboxylic acid groups (broad SMARTS) is 2. The molecule has 4 heteroatoms. The molecule has 86 valence electrons. The van der Waals surface area contributed by atoms with E-state index in [4.69, 9.17) is 10.2 Å². The number of hydrogen-bond acceptors (Lipinski definition) is 2. The third kappa shape index (κ3) is 2.82. The lowest BCUT2D eigenvalue weighted by molar-refractivity contribution is -0.138. The quantitative estimate of drug-likeness (QED) is 0.814. The van der Waals surface area contributed by atoms with E-state index in [1.54, 1.807) is 25.1 Å². The van der Waals surface area contributed by atoms with Crippen molar-refractivity contribution in [2.24, 2.45) is 0 Å². The maximum absolute atomic E-state index is 10.8. The molecule has 0 aliphatic rings. The van der Waals surface area contributed by atoms with Crippen LogP contribution in [-0.4, -0.2) is 22.2 Å². The molecule has 0 aliphatic heterocycles. The van der Waals surface area contributed by atoms with Crippen molar-refractivity contribution in [3.05, 3.63) is 34.9 Å². The molecule has 0 bridgehead atoms. The molecule has 1 atom stereocenters. The largest absolute Gasteiger partial charge is 0.481 e. The molecule has 2 N–H and O–H groups in total. The highest BCUT2D eigenvalue weighted by Gasteiger charge is 2.15. The molecule has 0 aromatic heterocycles. The molecule has 1 aromatic carbocycles. The first-order valence-corrected chi connectivity index (χ1v) is 4.96. The van der Waals surface area contributed by atoms with Crippen molar-refractivity contribution in [3.63, 3.8) is 0 Å². The first kappa shape index (κ1) is 12.2. The second kappa shape index (κ2) is 4.79. The van der Waals surface area contributed by atoms with Crippen LogP contribution in [0, 0.1) is 6.92 Å². The van der Waals surface area contributed by atoms with Crippen LogP contribution in [0.4, 0.5) is 0 Å². The van der Waals surface area contributed by atoms with Crippen molar-refractivity contribution in [2.75, 3.05) is 0 Å². The van der Waals surface area contributed by atoms with Crippen LogP contribution < -0.4 is 0 Å². The summed E-state index contributed by atoms with van der Waals surface area (Å²) in [6, 6.07) is 5.13. The van der Waals surface area contributed by atoms with Crippen molar-refractivity contribution < 1.29 is 19.8 Å². The van der Waals surface area contributed by atoms with Gasteiger partial charge in [-0.15, -0.1) is 0 Å². The van der Waals surface area contributed by atoms with Crippen LogP contribution in [-0.2, 0) is 16.0 Å². The Kier molecular flexibility index (Phi) is 3.66.